The molecule has 0 aliphatic carbocycles. The van der Waals surface area contributed by atoms with Crippen molar-refractivity contribution in [3.63, 3.8) is 0 Å². The summed E-state index contributed by atoms with van der Waals surface area (Å²) in [5, 5.41) is 6.89. The van der Waals surface area contributed by atoms with E-state index in [2.05, 4.69) is 15.0 Å². The number of hydrogen-bond acceptors (Lipinski definition) is 13. The molecule has 0 bridgehead atoms. The van der Waals surface area contributed by atoms with Gasteiger partial charge in [-0.1, -0.05) is 0 Å². The van der Waals surface area contributed by atoms with Gasteiger partial charge in [0.2, 0.25) is 13.6 Å². The summed E-state index contributed by atoms with van der Waals surface area (Å²) in [6.45, 7) is 8.91. The molecule has 0 atom stereocenters. The molecule has 0 radical (unpaired) electrons. The summed E-state index contributed by atoms with van der Waals surface area (Å²) >= 11 is 0. The van der Waals surface area contributed by atoms with E-state index < -0.39 is 50.3 Å². The monoisotopic (exact) mass is 547 g/mol. The van der Waals surface area contributed by atoms with Crippen LogP contribution in [0, 0.1) is 10.8 Å². The standard InChI is InChI=1S/C20H32N5O8P.CH2O2/c1-19(2,3)17(26)30-11-32-34(28,33-12-31-18(27)20(4,5)6)13-29-8-7-25-10-24-14-15(21)22-9-23-16(14)25;2-1-3/h9-10H,7-8,11-13H2,1-6H3,(H2,21,22,23);1H,(H,2,3). The summed E-state index contributed by atoms with van der Waals surface area (Å²) in [6.07, 6.45) is 2.38. The molecule has 0 aromatic carbocycles. The number of aromatic nitrogens is 4. The number of nitrogen functional groups attached to an aromatic ring is 1. The molecule has 0 saturated heterocycles. The number of rotatable bonds is 11. The third-order valence-corrected chi connectivity index (χ3v) is 5.76. The van der Waals surface area contributed by atoms with Crippen LogP contribution in [0.3, 0.4) is 0 Å². The fourth-order valence-electron chi connectivity index (χ4n) is 2.27. The van der Waals surface area contributed by atoms with Gasteiger partial charge in [0, 0.05) is 6.54 Å². The minimum Gasteiger partial charge on any atom is -0.483 e. The molecule has 0 unspecified atom stereocenters. The zero-order valence-electron chi connectivity index (χ0n) is 21.7. The third-order valence-electron chi connectivity index (χ3n) is 4.26. The second kappa shape index (κ2) is 14.0. The molecule has 0 spiro atoms. The number of imidazole rings is 1. The van der Waals surface area contributed by atoms with Crippen LogP contribution in [-0.4, -0.2) is 69.6 Å². The van der Waals surface area contributed by atoms with Gasteiger partial charge < -0.3 is 29.6 Å². The van der Waals surface area contributed by atoms with E-state index in [1.54, 1.807) is 46.1 Å². The van der Waals surface area contributed by atoms with Gasteiger partial charge in [0.25, 0.3) is 6.47 Å². The first-order chi connectivity index (χ1) is 17.1. The van der Waals surface area contributed by atoms with E-state index in [1.807, 2.05) is 0 Å². The highest BCUT2D eigenvalue weighted by molar-refractivity contribution is 7.53. The molecule has 2 heterocycles. The van der Waals surface area contributed by atoms with Crippen molar-refractivity contribution in [3.8, 4) is 0 Å². The molecule has 208 valence electrons. The third kappa shape index (κ3) is 10.8. The Morgan fingerprint density at radius 3 is 2.03 bits per heavy atom. The van der Waals surface area contributed by atoms with Gasteiger partial charge >= 0.3 is 19.5 Å². The average Bonchev–Trinajstić information content (AvgIpc) is 3.20. The molecule has 15 nitrogen and oxygen atoms in total. The van der Waals surface area contributed by atoms with Crippen LogP contribution in [0.25, 0.3) is 11.2 Å². The number of nitrogens with two attached hydrogens (primary N) is 1. The molecular formula is C21H34N5O10P. The summed E-state index contributed by atoms with van der Waals surface area (Å²) in [4.78, 5) is 44.4. The van der Waals surface area contributed by atoms with Crippen molar-refractivity contribution in [2.75, 3.05) is 32.3 Å². The normalized spacial score (nSPS) is 11.9. The Morgan fingerprint density at radius 2 is 1.54 bits per heavy atom. The Labute approximate surface area is 214 Å². The van der Waals surface area contributed by atoms with Gasteiger partial charge in [-0.3, -0.25) is 28.0 Å². The SMILES string of the molecule is CC(C)(C)C(=O)OCOP(=O)(COCCn1cnc2c(N)ncnc21)OCOC(=O)C(C)(C)C.O=CO. The number of carbonyl (C=O) groups is 3. The number of fused-ring (bicyclic) bond motifs is 1. The molecule has 2 aromatic rings. The molecule has 0 saturated carbocycles. The molecule has 0 aliphatic rings. The fourth-order valence-corrected chi connectivity index (χ4v) is 3.27. The van der Waals surface area contributed by atoms with E-state index in [4.69, 9.17) is 38.9 Å². The molecule has 2 rings (SSSR count). The summed E-state index contributed by atoms with van der Waals surface area (Å²) in [5.41, 5.74) is 5.21. The van der Waals surface area contributed by atoms with Crippen molar-refractivity contribution in [3.05, 3.63) is 12.7 Å². The van der Waals surface area contributed by atoms with Crippen LogP contribution in [0.2, 0.25) is 0 Å². The van der Waals surface area contributed by atoms with E-state index in [9.17, 15) is 14.2 Å². The highest BCUT2D eigenvalue weighted by atomic mass is 31.2. The highest BCUT2D eigenvalue weighted by Crippen LogP contribution is 2.48. The predicted molar refractivity (Wildman–Crippen MR) is 130 cm³/mol. The summed E-state index contributed by atoms with van der Waals surface area (Å²) in [5.74, 6) is -0.842. The molecule has 16 heteroatoms. The molecule has 3 N–H and O–H groups in total. The Morgan fingerprint density at radius 1 is 1.03 bits per heavy atom. The van der Waals surface area contributed by atoms with Crippen LogP contribution in [-0.2, 0) is 48.8 Å². The minimum atomic E-state index is -3.95. The van der Waals surface area contributed by atoms with E-state index in [1.165, 1.54) is 12.7 Å². The van der Waals surface area contributed by atoms with Crippen LogP contribution < -0.4 is 5.73 Å². The van der Waals surface area contributed by atoms with Crippen molar-refractivity contribution < 1.29 is 47.3 Å². The van der Waals surface area contributed by atoms with E-state index >= 15 is 0 Å². The number of hydrogen-bond donors (Lipinski definition) is 2. The van der Waals surface area contributed by atoms with Crippen LogP contribution in [0.4, 0.5) is 5.82 Å². The van der Waals surface area contributed by atoms with Crippen molar-refractivity contribution in [1.82, 2.24) is 19.5 Å². The van der Waals surface area contributed by atoms with Gasteiger partial charge in [0.15, 0.2) is 11.5 Å². The van der Waals surface area contributed by atoms with Crippen molar-refractivity contribution in [2.45, 2.75) is 48.1 Å². The first kappa shape index (κ1) is 31.9. The quantitative estimate of drug-likeness (QED) is 0.136. The van der Waals surface area contributed by atoms with E-state index in [0.29, 0.717) is 17.7 Å². The number of ether oxygens (including phenoxy) is 3. The molecule has 0 fully saturated rings. The predicted octanol–water partition coefficient (Wildman–Crippen LogP) is 2.40. The maximum absolute atomic E-state index is 13.1. The molecule has 0 aliphatic heterocycles. The molecular weight excluding hydrogens is 513 g/mol. The smallest absolute Gasteiger partial charge is 0.361 e. The maximum atomic E-state index is 13.1. The summed E-state index contributed by atoms with van der Waals surface area (Å²) < 4.78 is 40.7. The molecule has 0 amide bonds. The second-order valence-corrected chi connectivity index (χ2v) is 11.5. The lowest BCUT2D eigenvalue weighted by Crippen LogP contribution is -2.25. The maximum Gasteiger partial charge on any atom is 0.361 e. The zero-order chi connectivity index (χ0) is 28.3. The van der Waals surface area contributed by atoms with Crippen LogP contribution in [0.5, 0.6) is 0 Å². The van der Waals surface area contributed by atoms with Gasteiger partial charge in [-0.25, -0.2) is 15.0 Å². The highest BCUT2D eigenvalue weighted by Gasteiger charge is 2.30. The number of anilines is 1. The number of esters is 2. The Balaban J connectivity index is 0.00000217. The van der Waals surface area contributed by atoms with Crippen LogP contribution >= 0.6 is 7.60 Å². The van der Waals surface area contributed by atoms with Crippen molar-refractivity contribution in [1.29, 1.82) is 0 Å². The van der Waals surface area contributed by atoms with Gasteiger partial charge in [-0.15, -0.1) is 0 Å². The lowest BCUT2D eigenvalue weighted by atomic mass is 9.98. The van der Waals surface area contributed by atoms with Crippen molar-refractivity contribution >= 4 is 43.0 Å². The minimum absolute atomic E-state index is 0.0929. The van der Waals surface area contributed by atoms with Gasteiger partial charge in [0.1, 0.15) is 18.2 Å². The first-order valence-electron chi connectivity index (χ1n) is 10.9. The fraction of sp³-hybridized carbons (Fsp3) is 0.619. The zero-order valence-corrected chi connectivity index (χ0v) is 22.6. The van der Waals surface area contributed by atoms with Gasteiger partial charge in [0.05, 0.1) is 23.8 Å². The van der Waals surface area contributed by atoms with Gasteiger partial charge in [-0.05, 0) is 41.5 Å². The topological polar surface area (TPSA) is 204 Å². The Kier molecular flexibility index (Phi) is 12.1. The lowest BCUT2D eigenvalue weighted by Gasteiger charge is -2.22. The lowest BCUT2D eigenvalue weighted by molar-refractivity contribution is -0.162. The molecule has 37 heavy (non-hydrogen) atoms. The molecule has 2 aromatic heterocycles. The second-order valence-electron chi connectivity index (χ2n) is 9.48. The van der Waals surface area contributed by atoms with Crippen LogP contribution in [0.1, 0.15) is 41.5 Å². The Hall–Kier alpha value is -3.13. The average molecular weight is 548 g/mol. The number of carboxylic acid groups (broad SMARTS) is 1. The summed E-state index contributed by atoms with van der Waals surface area (Å²) in [6, 6.07) is 0. The van der Waals surface area contributed by atoms with Crippen LogP contribution in [0.15, 0.2) is 12.7 Å². The summed E-state index contributed by atoms with van der Waals surface area (Å²) in [7, 11) is -3.95. The number of nitrogens with zero attached hydrogens (tertiary/aromatic N) is 4. The van der Waals surface area contributed by atoms with Gasteiger partial charge in [-0.2, -0.15) is 0 Å². The Bertz CT molecular complexity index is 1060. The largest absolute Gasteiger partial charge is 0.483 e. The van der Waals surface area contributed by atoms with Crippen molar-refractivity contribution in [2.24, 2.45) is 10.8 Å². The van der Waals surface area contributed by atoms with E-state index in [0.717, 1.165) is 0 Å². The first-order valence-corrected chi connectivity index (χ1v) is 12.7. The number of carbonyl (C=O) groups excluding carboxylic acids is 2. The van der Waals surface area contributed by atoms with E-state index in [-0.39, 0.29) is 18.9 Å².